The number of nitrogens with two attached hydrogens (primary N) is 1. The summed E-state index contributed by atoms with van der Waals surface area (Å²) in [5.74, 6) is 0.0863. The lowest BCUT2D eigenvalue weighted by molar-refractivity contribution is -0.126. The fourth-order valence-electron chi connectivity index (χ4n) is 1.93. The summed E-state index contributed by atoms with van der Waals surface area (Å²) in [7, 11) is 0. The smallest absolute Gasteiger partial charge is 0.227 e. The van der Waals surface area contributed by atoms with Crippen molar-refractivity contribution >= 4 is 21.8 Å². The molecule has 3 nitrogen and oxygen atoms in total. The molecule has 1 aromatic rings. The first-order valence-electron chi connectivity index (χ1n) is 5.84. The van der Waals surface area contributed by atoms with E-state index >= 15 is 0 Å². The zero-order valence-corrected chi connectivity index (χ0v) is 11.5. The van der Waals surface area contributed by atoms with Crippen molar-refractivity contribution in [2.24, 2.45) is 11.1 Å². The average molecular weight is 297 g/mol. The number of halogens is 1. The molecule has 0 aromatic heterocycles. The molecule has 0 saturated heterocycles. The summed E-state index contributed by atoms with van der Waals surface area (Å²) < 4.78 is 1.02. The predicted molar refractivity (Wildman–Crippen MR) is 71.4 cm³/mol. The van der Waals surface area contributed by atoms with Gasteiger partial charge in [-0.2, -0.15) is 0 Å². The maximum absolute atomic E-state index is 12.0. The van der Waals surface area contributed by atoms with Crippen LogP contribution in [0.25, 0.3) is 0 Å². The summed E-state index contributed by atoms with van der Waals surface area (Å²) in [6.07, 6.45) is 1.83. The molecular weight excluding hydrogens is 280 g/mol. The summed E-state index contributed by atoms with van der Waals surface area (Å²) >= 11 is 3.49. The minimum absolute atomic E-state index is 0.00194. The van der Waals surface area contributed by atoms with E-state index in [0.717, 1.165) is 22.9 Å². The van der Waals surface area contributed by atoms with Crippen LogP contribution in [0.15, 0.2) is 28.7 Å². The zero-order valence-electron chi connectivity index (χ0n) is 9.87. The SMILES string of the molecule is C[C@@H](NC(=O)C1(CN)CC1)c1ccccc1Br. The summed E-state index contributed by atoms with van der Waals surface area (Å²) in [5.41, 5.74) is 6.45. The lowest BCUT2D eigenvalue weighted by atomic mass is 10.0. The Labute approximate surface area is 110 Å². The Morgan fingerprint density at radius 2 is 2.18 bits per heavy atom. The first-order valence-corrected chi connectivity index (χ1v) is 6.64. The van der Waals surface area contributed by atoms with E-state index < -0.39 is 0 Å². The monoisotopic (exact) mass is 296 g/mol. The van der Waals surface area contributed by atoms with Crippen LogP contribution in [0.2, 0.25) is 0 Å². The third-order valence-corrected chi connectivity index (χ3v) is 4.17. The normalized spacial score (nSPS) is 18.5. The van der Waals surface area contributed by atoms with Crippen molar-refractivity contribution in [2.75, 3.05) is 6.54 Å². The van der Waals surface area contributed by atoms with E-state index in [4.69, 9.17) is 5.73 Å². The summed E-state index contributed by atoms with van der Waals surface area (Å²) in [6.45, 7) is 2.44. The minimum atomic E-state index is -0.282. The molecule has 1 amide bonds. The molecule has 0 heterocycles. The third kappa shape index (κ3) is 2.53. The molecule has 0 bridgehead atoms. The number of rotatable bonds is 4. The van der Waals surface area contributed by atoms with Crippen molar-refractivity contribution in [2.45, 2.75) is 25.8 Å². The van der Waals surface area contributed by atoms with Crippen LogP contribution in [0.3, 0.4) is 0 Å². The van der Waals surface area contributed by atoms with Crippen LogP contribution in [0, 0.1) is 5.41 Å². The van der Waals surface area contributed by atoms with E-state index in [1.807, 2.05) is 31.2 Å². The van der Waals surface area contributed by atoms with Gasteiger partial charge < -0.3 is 11.1 Å². The van der Waals surface area contributed by atoms with E-state index in [1.165, 1.54) is 0 Å². The van der Waals surface area contributed by atoms with Gasteiger partial charge in [-0.3, -0.25) is 4.79 Å². The number of nitrogens with one attached hydrogen (secondary N) is 1. The maximum Gasteiger partial charge on any atom is 0.227 e. The molecule has 1 aliphatic carbocycles. The Morgan fingerprint density at radius 3 is 2.71 bits per heavy atom. The van der Waals surface area contributed by atoms with Crippen LogP contribution in [0.1, 0.15) is 31.4 Å². The first-order chi connectivity index (χ1) is 8.09. The highest BCUT2D eigenvalue weighted by atomic mass is 79.9. The van der Waals surface area contributed by atoms with Crippen LogP contribution in [0.5, 0.6) is 0 Å². The van der Waals surface area contributed by atoms with Gasteiger partial charge in [-0.1, -0.05) is 34.1 Å². The molecule has 1 fully saturated rings. The Morgan fingerprint density at radius 1 is 1.53 bits per heavy atom. The van der Waals surface area contributed by atoms with Gasteiger partial charge in [0.15, 0.2) is 0 Å². The van der Waals surface area contributed by atoms with Crippen molar-refractivity contribution in [1.29, 1.82) is 0 Å². The van der Waals surface area contributed by atoms with Crippen LogP contribution in [0.4, 0.5) is 0 Å². The third-order valence-electron chi connectivity index (χ3n) is 3.45. The van der Waals surface area contributed by atoms with Gasteiger partial charge in [0.05, 0.1) is 11.5 Å². The van der Waals surface area contributed by atoms with Crippen LogP contribution in [-0.2, 0) is 4.79 Å². The number of carbonyl (C=O) groups is 1. The standard InChI is InChI=1S/C13H17BrN2O/c1-9(10-4-2-3-5-11(10)14)16-12(17)13(8-15)6-7-13/h2-5,9H,6-8,15H2,1H3,(H,16,17)/t9-/m1/s1. The van der Waals surface area contributed by atoms with Crippen molar-refractivity contribution in [3.05, 3.63) is 34.3 Å². The second kappa shape index (κ2) is 4.78. The molecule has 1 aromatic carbocycles. The molecule has 0 aliphatic heterocycles. The highest BCUT2D eigenvalue weighted by Gasteiger charge is 2.48. The molecule has 0 unspecified atom stereocenters. The molecule has 0 spiro atoms. The summed E-state index contributed by atoms with van der Waals surface area (Å²) in [4.78, 5) is 12.0. The molecule has 4 heteroatoms. The lowest BCUT2D eigenvalue weighted by Gasteiger charge is -2.19. The molecule has 1 aliphatic rings. The van der Waals surface area contributed by atoms with E-state index in [-0.39, 0.29) is 17.4 Å². The van der Waals surface area contributed by atoms with Gasteiger partial charge in [-0.05, 0) is 31.4 Å². The summed E-state index contributed by atoms with van der Waals surface area (Å²) in [6, 6.07) is 7.93. The number of hydrogen-bond acceptors (Lipinski definition) is 2. The fourth-order valence-corrected chi connectivity index (χ4v) is 2.56. The Bertz CT molecular complexity index is 429. The molecule has 1 saturated carbocycles. The van der Waals surface area contributed by atoms with Gasteiger partial charge in [0, 0.05) is 11.0 Å². The number of hydrogen-bond donors (Lipinski definition) is 2. The quantitative estimate of drug-likeness (QED) is 0.896. The van der Waals surface area contributed by atoms with Crippen LogP contribution in [-0.4, -0.2) is 12.5 Å². The second-order valence-electron chi connectivity index (χ2n) is 4.70. The largest absolute Gasteiger partial charge is 0.349 e. The minimum Gasteiger partial charge on any atom is -0.349 e. The van der Waals surface area contributed by atoms with Crippen LogP contribution < -0.4 is 11.1 Å². The zero-order chi connectivity index (χ0) is 12.5. The van der Waals surface area contributed by atoms with Gasteiger partial charge in [0.25, 0.3) is 0 Å². The van der Waals surface area contributed by atoms with E-state index in [9.17, 15) is 4.79 Å². The summed E-state index contributed by atoms with van der Waals surface area (Å²) in [5, 5.41) is 3.04. The molecule has 17 heavy (non-hydrogen) atoms. The van der Waals surface area contributed by atoms with Crippen molar-refractivity contribution in [3.8, 4) is 0 Å². The van der Waals surface area contributed by atoms with Crippen LogP contribution >= 0.6 is 15.9 Å². The van der Waals surface area contributed by atoms with Gasteiger partial charge in [0.1, 0.15) is 0 Å². The first kappa shape index (κ1) is 12.6. The van der Waals surface area contributed by atoms with Gasteiger partial charge in [-0.25, -0.2) is 0 Å². The second-order valence-corrected chi connectivity index (χ2v) is 5.56. The Kier molecular flexibility index (Phi) is 3.54. The number of benzene rings is 1. The topological polar surface area (TPSA) is 55.1 Å². The van der Waals surface area contributed by atoms with Crippen molar-refractivity contribution in [3.63, 3.8) is 0 Å². The fraction of sp³-hybridized carbons (Fsp3) is 0.462. The van der Waals surface area contributed by atoms with Gasteiger partial charge in [0.2, 0.25) is 5.91 Å². The highest BCUT2D eigenvalue weighted by molar-refractivity contribution is 9.10. The van der Waals surface area contributed by atoms with E-state index in [2.05, 4.69) is 21.2 Å². The molecule has 0 radical (unpaired) electrons. The van der Waals surface area contributed by atoms with E-state index in [1.54, 1.807) is 0 Å². The Hall–Kier alpha value is -0.870. The molecule has 92 valence electrons. The van der Waals surface area contributed by atoms with Crippen molar-refractivity contribution in [1.82, 2.24) is 5.32 Å². The lowest BCUT2D eigenvalue weighted by Crippen LogP contribution is -2.38. The Balaban J connectivity index is 2.05. The maximum atomic E-state index is 12.0. The number of amides is 1. The van der Waals surface area contributed by atoms with Gasteiger partial charge >= 0.3 is 0 Å². The molecule has 2 rings (SSSR count). The average Bonchev–Trinajstić information content (AvgIpc) is 3.10. The molecule has 3 N–H and O–H groups in total. The molecule has 1 atom stereocenters. The number of carbonyl (C=O) groups excluding carboxylic acids is 1. The van der Waals surface area contributed by atoms with Gasteiger partial charge in [-0.15, -0.1) is 0 Å². The predicted octanol–water partition coefficient (Wildman–Crippen LogP) is 2.37. The highest BCUT2D eigenvalue weighted by Crippen LogP contribution is 2.45. The molecular formula is C13H17BrN2O. The van der Waals surface area contributed by atoms with E-state index in [0.29, 0.717) is 6.54 Å². The van der Waals surface area contributed by atoms with Crippen molar-refractivity contribution < 1.29 is 4.79 Å².